The van der Waals surface area contributed by atoms with Gasteiger partial charge >= 0.3 is 0 Å². The van der Waals surface area contributed by atoms with Gasteiger partial charge in [0.15, 0.2) is 0 Å². The number of carbonyl (C=O) groups excluding carboxylic acids is 1. The molecule has 2 aromatic carbocycles. The van der Waals surface area contributed by atoms with Crippen LogP contribution in [0.4, 0.5) is 5.69 Å². The van der Waals surface area contributed by atoms with E-state index in [0.717, 1.165) is 11.4 Å². The first-order valence-electron chi connectivity index (χ1n) is 8.15. The van der Waals surface area contributed by atoms with Crippen LogP contribution in [-0.4, -0.2) is 15.7 Å². The molecule has 0 saturated carbocycles. The highest BCUT2D eigenvalue weighted by Crippen LogP contribution is 2.25. The smallest absolute Gasteiger partial charge is 0.259 e. The molecule has 3 rings (SSSR count). The molecule has 1 amide bonds. The molecule has 0 aliphatic rings. The first-order valence-corrected chi connectivity index (χ1v) is 8.52. The molecule has 0 fully saturated rings. The number of nitriles is 1. The van der Waals surface area contributed by atoms with Crippen LogP contribution >= 0.6 is 11.6 Å². The van der Waals surface area contributed by atoms with Crippen molar-refractivity contribution < 1.29 is 4.79 Å². The lowest BCUT2D eigenvalue weighted by molar-refractivity contribution is 0.102. The van der Waals surface area contributed by atoms with E-state index in [1.54, 1.807) is 41.2 Å². The molecule has 0 saturated heterocycles. The van der Waals surface area contributed by atoms with Crippen LogP contribution in [-0.2, 0) is 0 Å². The summed E-state index contributed by atoms with van der Waals surface area (Å²) in [6, 6.07) is 16.1. The van der Waals surface area contributed by atoms with Gasteiger partial charge in [0.1, 0.15) is 0 Å². The van der Waals surface area contributed by atoms with Crippen molar-refractivity contribution in [3.63, 3.8) is 0 Å². The molecular formula is C20H17ClN4O. The number of aromatic nitrogens is 2. The van der Waals surface area contributed by atoms with E-state index in [2.05, 4.69) is 16.5 Å². The zero-order valence-corrected chi connectivity index (χ0v) is 15.2. The number of hydrogen-bond donors (Lipinski definition) is 1. The second kappa shape index (κ2) is 7.42. The largest absolute Gasteiger partial charge is 0.322 e. The number of benzene rings is 2. The SMILES string of the molecule is CC(C)c1c(C(=O)Nc2ccc(C#N)cc2)cnn1-c1cccc(Cl)c1. The van der Waals surface area contributed by atoms with E-state index in [-0.39, 0.29) is 11.8 Å². The summed E-state index contributed by atoms with van der Waals surface area (Å²) < 4.78 is 1.74. The van der Waals surface area contributed by atoms with Gasteiger partial charge in [-0.3, -0.25) is 4.79 Å². The average Bonchev–Trinajstić information content (AvgIpc) is 3.08. The lowest BCUT2D eigenvalue weighted by Crippen LogP contribution is -2.15. The number of amides is 1. The van der Waals surface area contributed by atoms with Crippen LogP contribution in [0.25, 0.3) is 5.69 Å². The van der Waals surface area contributed by atoms with Crippen molar-refractivity contribution in [2.75, 3.05) is 5.32 Å². The quantitative estimate of drug-likeness (QED) is 0.724. The van der Waals surface area contributed by atoms with Gasteiger partial charge in [0, 0.05) is 10.7 Å². The number of rotatable bonds is 4. The van der Waals surface area contributed by atoms with Crippen LogP contribution in [0, 0.1) is 11.3 Å². The third-order valence-corrected chi connectivity index (χ3v) is 4.16. The molecule has 0 radical (unpaired) electrons. The van der Waals surface area contributed by atoms with Gasteiger partial charge in [-0.15, -0.1) is 0 Å². The Balaban J connectivity index is 1.94. The summed E-state index contributed by atoms with van der Waals surface area (Å²) in [5.74, 6) is -0.162. The zero-order chi connectivity index (χ0) is 18.7. The standard InChI is InChI=1S/C20H17ClN4O/c1-13(2)19-18(12-23-25(19)17-5-3-4-15(21)10-17)20(26)24-16-8-6-14(11-22)7-9-16/h3-10,12-13H,1-2H3,(H,24,26). The number of nitrogens with one attached hydrogen (secondary N) is 1. The molecule has 0 atom stereocenters. The number of nitrogens with zero attached hydrogens (tertiary/aromatic N) is 3. The molecule has 3 aromatic rings. The monoisotopic (exact) mass is 364 g/mol. The second-order valence-corrected chi connectivity index (χ2v) is 6.57. The van der Waals surface area contributed by atoms with Gasteiger partial charge < -0.3 is 5.32 Å². The predicted molar refractivity (Wildman–Crippen MR) is 102 cm³/mol. The predicted octanol–water partition coefficient (Wildman–Crippen LogP) is 4.77. The fraction of sp³-hybridized carbons (Fsp3) is 0.150. The summed E-state index contributed by atoms with van der Waals surface area (Å²) in [7, 11) is 0. The molecule has 0 aliphatic heterocycles. The van der Waals surface area contributed by atoms with Crippen molar-refractivity contribution in [1.29, 1.82) is 5.26 Å². The third kappa shape index (κ3) is 3.61. The van der Waals surface area contributed by atoms with Crippen LogP contribution in [0.1, 0.15) is 41.4 Å². The zero-order valence-electron chi connectivity index (χ0n) is 14.4. The first-order chi connectivity index (χ1) is 12.5. The molecule has 6 heteroatoms. The maximum atomic E-state index is 12.7. The Hall–Kier alpha value is -3.10. The highest BCUT2D eigenvalue weighted by atomic mass is 35.5. The van der Waals surface area contributed by atoms with Gasteiger partial charge in [-0.1, -0.05) is 31.5 Å². The summed E-state index contributed by atoms with van der Waals surface area (Å²) in [5, 5.41) is 16.7. The van der Waals surface area contributed by atoms with Gasteiger partial charge in [0.05, 0.1) is 34.8 Å². The molecule has 5 nitrogen and oxygen atoms in total. The summed E-state index contributed by atoms with van der Waals surface area (Å²) in [4.78, 5) is 12.7. The van der Waals surface area contributed by atoms with E-state index in [1.165, 1.54) is 0 Å². The van der Waals surface area contributed by atoms with Crippen molar-refractivity contribution in [2.45, 2.75) is 19.8 Å². The van der Waals surface area contributed by atoms with E-state index in [1.807, 2.05) is 32.0 Å². The lowest BCUT2D eigenvalue weighted by atomic mass is 10.0. The van der Waals surface area contributed by atoms with Gasteiger partial charge in [-0.25, -0.2) is 4.68 Å². The van der Waals surface area contributed by atoms with E-state index >= 15 is 0 Å². The maximum absolute atomic E-state index is 12.7. The molecule has 26 heavy (non-hydrogen) atoms. The number of hydrogen-bond acceptors (Lipinski definition) is 3. The number of anilines is 1. The molecule has 1 aromatic heterocycles. The molecule has 1 N–H and O–H groups in total. The highest BCUT2D eigenvalue weighted by molar-refractivity contribution is 6.30. The number of halogens is 1. The highest BCUT2D eigenvalue weighted by Gasteiger charge is 2.21. The van der Waals surface area contributed by atoms with Crippen LogP contribution in [0.2, 0.25) is 5.02 Å². The van der Waals surface area contributed by atoms with Gasteiger partial charge in [0.2, 0.25) is 0 Å². The Labute approximate surface area is 156 Å². The Kier molecular flexibility index (Phi) is 5.06. The Morgan fingerprint density at radius 1 is 1.23 bits per heavy atom. The van der Waals surface area contributed by atoms with Crippen molar-refractivity contribution in [3.05, 3.63) is 76.6 Å². The van der Waals surface area contributed by atoms with Crippen molar-refractivity contribution in [1.82, 2.24) is 9.78 Å². The van der Waals surface area contributed by atoms with Crippen LogP contribution in [0.5, 0.6) is 0 Å². The Bertz CT molecular complexity index is 984. The molecule has 0 bridgehead atoms. The van der Waals surface area contributed by atoms with Crippen molar-refractivity contribution >= 4 is 23.2 Å². The van der Waals surface area contributed by atoms with Crippen molar-refractivity contribution in [3.8, 4) is 11.8 Å². The summed E-state index contributed by atoms with van der Waals surface area (Å²) >= 11 is 6.08. The Morgan fingerprint density at radius 2 is 1.96 bits per heavy atom. The van der Waals surface area contributed by atoms with E-state index in [0.29, 0.717) is 21.8 Å². The van der Waals surface area contributed by atoms with Crippen LogP contribution < -0.4 is 5.32 Å². The summed E-state index contributed by atoms with van der Waals surface area (Å²) in [6.07, 6.45) is 1.56. The fourth-order valence-corrected chi connectivity index (χ4v) is 2.91. The van der Waals surface area contributed by atoms with E-state index < -0.39 is 0 Å². The van der Waals surface area contributed by atoms with Crippen LogP contribution in [0.3, 0.4) is 0 Å². The normalized spacial score (nSPS) is 10.6. The molecule has 0 spiro atoms. The molecule has 0 unspecified atom stereocenters. The van der Waals surface area contributed by atoms with Gasteiger partial charge in [0.25, 0.3) is 5.91 Å². The minimum Gasteiger partial charge on any atom is -0.322 e. The van der Waals surface area contributed by atoms with Gasteiger partial charge in [-0.2, -0.15) is 10.4 Å². The molecular weight excluding hydrogens is 348 g/mol. The van der Waals surface area contributed by atoms with E-state index in [9.17, 15) is 4.79 Å². The molecule has 1 heterocycles. The fourth-order valence-electron chi connectivity index (χ4n) is 2.73. The van der Waals surface area contributed by atoms with Crippen LogP contribution in [0.15, 0.2) is 54.7 Å². The van der Waals surface area contributed by atoms with E-state index in [4.69, 9.17) is 16.9 Å². The summed E-state index contributed by atoms with van der Waals surface area (Å²) in [6.45, 7) is 4.02. The average molecular weight is 365 g/mol. The van der Waals surface area contributed by atoms with Gasteiger partial charge in [-0.05, 0) is 48.4 Å². The first kappa shape index (κ1) is 17.7. The topological polar surface area (TPSA) is 70.7 Å². The Morgan fingerprint density at radius 3 is 2.58 bits per heavy atom. The molecule has 130 valence electrons. The number of carbonyl (C=O) groups is 1. The van der Waals surface area contributed by atoms with Crippen molar-refractivity contribution in [2.24, 2.45) is 0 Å². The third-order valence-electron chi connectivity index (χ3n) is 3.92. The second-order valence-electron chi connectivity index (χ2n) is 6.13. The maximum Gasteiger partial charge on any atom is 0.259 e. The lowest BCUT2D eigenvalue weighted by Gasteiger charge is -2.13. The molecule has 0 aliphatic carbocycles. The minimum atomic E-state index is -0.244. The minimum absolute atomic E-state index is 0.0817. The summed E-state index contributed by atoms with van der Waals surface area (Å²) in [5.41, 5.74) is 3.28.